The molecule has 0 spiro atoms. The number of nitrogens with one attached hydrogen (secondary N) is 1. The number of aldehydes is 1. The number of hydrogen-bond acceptors (Lipinski definition) is 4. The minimum Gasteiger partial charge on any atom is -0.465 e. The van der Waals surface area contributed by atoms with E-state index in [0.717, 1.165) is 12.1 Å². The third-order valence-corrected chi connectivity index (χ3v) is 3.17. The number of aromatic nitrogens is 1. The van der Waals surface area contributed by atoms with Crippen molar-refractivity contribution in [1.82, 2.24) is 4.98 Å². The molecule has 5 nitrogen and oxygen atoms in total. The lowest BCUT2D eigenvalue weighted by Crippen LogP contribution is -2.07. The van der Waals surface area contributed by atoms with Crippen LogP contribution in [0, 0.1) is 11.6 Å². The van der Waals surface area contributed by atoms with Crippen molar-refractivity contribution in [2.24, 2.45) is 0 Å². The summed E-state index contributed by atoms with van der Waals surface area (Å²) in [6, 6.07) is 3.29. The quantitative estimate of drug-likeness (QED) is 0.849. The average Bonchev–Trinajstić information content (AvgIpc) is 2.71. The molecule has 1 amide bonds. The van der Waals surface area contributed by atoms with Crippen molar-refractivity contribution in [3.05, 3.63) is 35.5 Å². The summed E-state index contributed by atoms with van der Waals surface area (Å²) in [5.74, 6) is -1.68. The molecule has 0 aliphatic carbocycles. The zero-order valence-electron chi connectivity index (χ0n) is 9.18. The largest absolute Gasteiger partial charge is 0.465 e. The molecule has 0 radical (unpaired) electrons. The van der Waals surface area contributed by atoms with Crippen LogP contribution in [0.15, 0.2) is 18.2 Å². The van der Waals surface area contributed by atoms with Gasteiger partial charge in [-0.05, 0) is 12.1 Å². The van der Waals surface area contributed by atoms with Crippen molar-refractivity contribution in [3.63, 3.8) is 0 Å². The van der Waals surface area contributed by atoms with Gasteiger partial charge in [0.2, 0.25) is 0 Å². The number of halogens is 2. The van der Waals surface area contributed by atoms with E-state index in [1.165, 1.54) is 6.07 Å². The Morgan fingerprint density at radius 3 is 2.53 bits per heavy atom. The Balaban J connectivity index is 2.55. The maximum atomic E-state index is 13.5. The molecule has 0 saturated carbocycles. The fourth-order valence-electron chi connectivity index (χ4n) is 1.41. The zero-order chi connectivity index (χ0) is 14.0. The van der Waals surface area contributed by atoms with Crippen LogP contribution in [0.5, 0.6) is 0 Å². The maximum Gasteiger partial charge on any atom is 0.409 e. The molecule has 2 aromatic rings. The first-order valence-electron chi connectivity index (χ1n) is 4.93. The molecule has 1 aromatic carbocycles. The second-order valence-electron chi connectivity index (χ2n) is 3.38. The Morgan fingerprint density at radius 2 is 2.00 bits per heavy atom. The van der Waals surface area contributed by atoms with Crippen LogP contribution in [-0.4, -0.2) is 22.5 Å². The Morgan fingerprint density at radius 1 is 1.37 bits per heavy atom. The lowest BCUT2D eigenvalue weighted by Gasteiger charge is -1.99. The maximum absolute atomic E-state index is 13.5. The van der Waals surface area contributed by atoms with Crippen LogP contribution in [-0.2, 0) is 0 Å². The molecule has 98 valence electrons. The Labute approximate surface area is 109 Å². The second-order valence-corrected chi connectivity index (χ2v) is 4.38. The van der Waals surface area contributed by atoms with Gasteiger partial charge >= 0.3 is 6.09 Å². The van der Waals surface area contributed by atoms with Crippen molar-refractivity contribution in [2.75, 3.05) is 5.32 Å². The van der Waals surface area contributed by atoms with Gasteiger partial charge in [-0.1, -0.05) is 17.4 Å². The van der Waals surface area contributed by atoms with Crippen LogP contribution in [0.1, 0.15) is 10.5 Å². The molecule has 2 N–H and O–H groups in total. The van der Waals surface area contributed by atoms with E-state index in [4.69, 9.17) is 5.11 Å². The standard InChI is InChI=1S/C11H6F2N2O3S/c12-5-2-1-3-6(13)8(5)10-14-7(4-16)9(19-10)15-11(17)18/h1-4,15H,(H,17,18). The van der Waals surface area contributed by atoms with E-state index in [0.29, 0.717) is 17.6 Å². The summed E-state index contributed by atoms with van der Waals surface area (Å²) in [6.45, 7) is 0. The van der Waals surface area contributed by atoms with Crippen molar-refractivity contribution >= 4 is 28.7 Å². The average molecular weight is 284 g/mol. The molecule has 0 saturated heterocycles. The van der Waals surface area contributed by atoms with Gasteiger partial charge in [0.05, 0.1) is 5.56 Å². The van der Waals surface area contributed by atoms with E-state index < -0.39 is 23.3 Å². The van der Waals surface area contributed by atoms with Gasteiger partial charge in [-0.15, -0.1) is 0 Å². The predicted octanol–water partition coefficient (Wildman–Crippen LogP) is 2.99. The molecule has 0 fully saturated rings. The van der Waals surface area contributed by atoms with E-state index in [-0.39, 0.29) is 15.7 Å². The molecular formula is C11H6F2N2O3S. The van der Waals surface area contributed by atoms with Crippen molar-refractivity contribution < 1.29 is 23.5 Å². The first kappa shape index (κ1) is 13.1. The summed E-state index contributed by atoms with van der Waals surface area (Å²) in [7, 11) is 0. The van der Waals surface area contributed by atoms with Crippen LogP contribution in [0.25, 0.3) is 10.6 Å². The normalized spacial score (nSPS) is 10.2. The third kappa shape index (κ3) is 2.58. The molecule has 0 aliphatic rings. The number of anilines is 1. The number of carboxylic acid groups (broad SMARTS) is 1. The molecule has 0 aliphatic heterocycles. The number of carbonyl (C=O) groups excluding carboxylic acids is 1. The van der Waals surface area contributed by atoms with Crippen molar-refractivity contribution in [2.45, 2.75) is 0 Å². The summed E-state index contributed by atoms with van der Waals surface area (Å²) in [6.07, 6.45) is -1.09. The monoisotopic (exact) mass is 284 g/mol. The van der Waals surface area contributed by atoms with E-state index >= 15 is 0 Å². The van der Waals surface area contributed by atoms with Crippen LogP contribution < -0.4 is 5.32 Å². The highest BCUT2D eigenvalue weighted by Crippen LogP contribution is 2.34. The van der Waals surface area contributed by atoms with Crippen molar-refractivity contribution in [1.29, 1.82) is 0 Å². The molecule has 8 heteroatoms. The lowest BCUT2D eigenvalue weighted by molar-refractivity contribution is 0.112. The fourth-order valence-corrected chi connectivity index (χ4v) is 2.38. The SMILES string of the molecule is O=Cc1nc(-c2c(F)cccc2F)sc1NC(=O)O. The van der Waals surface area contributed by atoms with E-state index in [9.17, 15) is 18.4 Å². The molecule has 2 rings (SSSR count). The topological polar surface area (TPSA) is 79.3 Å². The first-order valence-corrected chi connectivity index (χ1v) is 5.75. The van der Waals surface area contributed by atoms with E-state index in [1.54, 1.807) is 0 Å². The molecule has 1 heterocycles. The summed E-state index contributed by atoms with van der Waals surface area (Å²) >= 11 is 0.680. The van der Waals surface area contributed by atoms with Crippen molar-refractivity contribution in [3.8, 4) is 10.6 Å². The Hall–Kier alpha value is -2.35. The van der Waals surface area contributed by atoms with Crippen LogP contribution >= 0.6 is 11.3 Å². The van der Waals surface area contributed by atoms with Gasteiger partial charge in [0, 0.05) is 0 Å². The highest BCUT2D eigenvalue weighted by molar-refractivity contribution is 7.19. The summed E-state index contributed by atoms with van der Waals surface area (Å²) < 4.78 is 27.1. The fraction of sp³-hybridized carbons (Fsp3) is 0. The first-order chi connectivity index (χ1) is 9.02. The molecule has 0 unspecified atom stereocenters. The predicted molar refractivity (Wildman–Crippen MR) is 64.5 cm³/mol. The Kier molecular flexibility index (Phi) is 3.52. The number of rotatable bonds is 3. The van der Waals surface area contributed by atoms with Gasteiger partial charge in [-0.2, -0.15) is 0 Å². The minimum absolute atomic E-state index is 0.0832. The van der Waals surface area contributed by atoms with Gasteiger partial charge in [-0.3, -0.25) is 10.1 Å². The second kappa shape index (κ2) is 5.11. The van der Waals surface area contributed by atoms with E-state index in [1.807, 2.05) is 5.32 Å². The van der Waals surface area contributed by atoms with Gasteiger partial charge in [0.1, 0.15) is 27.3 Å². The minimum atomic E-state index is -1.40. The molecule has 0 atom stereocenters. The summed E-state index contributed by atoms with van der Waals surface area (Å²) in [4.78, 5) is 25.0. The van der Waals surface area contributed by atoms with E-state index in [2.05, 4.69) is 4.98 Å². The van der Waals surface area contributed by atoms with Gasteiger partial charge in [0.15, 0.2) is 6.29 Å². The molecular weight excluding hydrogens is 278 g/mol. The molecule has 19 heavy (non-hydrogen) atoms. The zero-order valence-corrected chi connectivity index (χ0v) is 10.0. The summed E-state index contributed by atoms with van der Waals surface area (Å²) in [5, 5.41) is 10.3. The molecule has 1 aromatic heterocycles. The van der Waals surface area contributed by atoms with Crippen LogP contribution in [0.2, 0.25) is 0 Å². The number of hydrogen-bond donors (Lipinski definition) is 2. The number of benzene rings is 1. The summed E-state index contributed by atoms with van der Waals surface area (Å²) in [5.41, 5.74) is -0.612. The number of carbonyl (C=O) groups is 2. The van der Waals surface area contributed by atoms with Crippen LogP contribution in [0.4, 0.5) is 18.6 Å². The van der Waals surface area contributed by atoms with Gasteiger partial charge in [-0.25, -0.2) is 18.6 Å². The highest BCUT2D eigenvalue weighted by Gasteiger charge is 2.19. The number of nitrogens with zero attached hydrogens (tertiary/aromatic N) is 1. The smallest absolute Gasteiger partial charge is 0.409 e. The van der Waals surface area contributed by atoms with Gasteiger partial charge < -0.3 is 5.11 Å². The highest BCUT2D eigenvalue weighted by atomic mass is 32.1. The molecule has 0 bridgehead atoms. The number of amides is 1. The Bertz CT molecular complexity index is 637. The third-order valence-electron chi connectivity index (χ3n) is 2.16. The lowest BCUT2D eigenvalue weighted by atomic mass is 10.2. The number of thiazole rings is 1. The van der Waals surface area contributed by atoms with Crippen LogP contribution in [0.3, 0.4) is 0 Å². The van der Waals surface area contributed by atoms with Gasteiger partial charge in [0.25, 0.3) is 0 Å².